The largest absolute Gasteiger partial charge is 0.368 e. The maximum atomic E-state index is 12.9. The summed E-state index contributed by atoms with van der Waals surface area (Å²) in [4.78, 5) is 4.43. The van der Waals surface area contributed by atoms with Crippen LogP contribution in [0.2, 0.25) is 0 Å². The number of hydrogen-bond donors (Lipinski definition) is 2. The Morgan fingerprint density at radius 1 is 0.963 bits per heavy atom. The van der Waals surface area contributed by atoms with Crippen LogP contribution in [0.3, 0.4) is 0 Å². The summed E-state index contributed by atoms with van der Waals surface area (Å²) < 4.78 is 12.9. The van der Waals surface area contributed by atoms with Gasteiger partial charge in [0, 0.05) is 12.2 Å². The molecule has 0 aliphatic carbocycles. The van der Waals surface area contributed by atoms with Crippen molar-refractivity contribution in [1.29, 1.82) is 0 Å². The Kier molecular flexibility index (Phi) is 5.64. The van der Waals surface area contributed by atoms with Gasteiger partial charge >= 0.3 is 0 Å². The molecule has 0 atom stereocenters. The Morgan fingerprint density at radius 3 is 2.33 bits per heavy atom. The van der Waals surface area contributed by atoms with E-state index in [9.17, 15) is 4.39 Å². The summed E-state index contributed by atoms with van der Waals surface area (Å²) in [5.41, 5.74) is 3.35. The molecule has 1 heterocycles. The first-order chi connectivity index (χ1) is 12.9. The van der Waals surface area contributed by atoms with Crippen LogP contribution in [0, 0.1) is 5.82 Å². The zero-order valence-corrected chi connectivity index (χ0v) is 15.8. The van der Waals surface area contributed by atoms with Crippen molar-refractivity contribution in [3.8, 4) is 0 Å². The molecule has 3 aromatic rings. The van der Waals surface area contributed by atoms with Crippen LogP contribution in [0.4, 0.5) is 21.8 Å². The molecule has 3 rings (SSSR count). The molecule has 27 heavy (non-hydrogen) atoms. The molecule has 5 nitrogen and oxygen atoms in total. The Hall–Kier alpha value is -3.02. The summed E-state index contributed by atoms with van der Waals surface area (Å²) in [6.07, 6.45) is 2.35. The minimum Gasteiger partial charge on any atom is -0.368 e. The van der Waals surface area contributed by atoms with Crippen LogP contribution in [0.15, 0.2) is 54.7 Å². The summed E-state index contributed by atoms with van der Waals surface area (Å²) in [6.45, 7) is 7.22. The van der Waals surface area contributed by atoms with Gasteiger partial charge < -0.3 is 10.6 Å². The zero-order valence-electron chi connectivity index (χ0n) is 15.8. The normalized spacial score (nSPS) is 11.3. The van der Waals surface area contributed by atoms with Crippen LogP contribution in [0.5, 0.6) is 0 Å². The Morgan fingerprint density at radius 2 is 1.67 bits per heavy atom. The van der Waals surface area contributed by atoms with Gasteiger partial charge in [-0.05, 0) is 47.2 Å². The van der Waals surface area contributed by atoms with E-state index in [1.54, 1.807) is 18.3 Å². The van der Waals surface area contributed by atoms with Gasteiger partial charge in [-0.25, -0.2) is 4.39 Å². The smallest absolute Gasteiger partial charge is 0.249 e. The van der Waals surface area contributed by atoms with Crippen LogP contribution in [-0.2, 0) is 11.8 Å². The second kappa shape index (κ2) is 8.12. The summed E-state index contributed by atoms with van der Waals surface area (Å²) in [5.74, 6) is 0.851. The van der Waals surface area contributed by atoms with Crippen LogP contribution in [0.1, 0.15) is 31.9 Å². The highest BCUT2D eigenvalue weighted by atomic mass is 19.1. The van der Waals surface area contributed by atoms with Crippen molar-refractivity contribution < 1.29 is 4.39 Å². The molecule has 0 spiro atoms. The number of benzene rings is 2. The fourth-order valence-electron chi connectivity index (χ4n) is 2.61. The standard InChI is InChI=1S/C21H24FN5/c1-21(2,3)16-6-10-18(11-7-16)25-20-26-19(14-24-27-20)23-13-12-15-4-8-17(22)9-5-15/h4-11,14H,12-13H2,1-3H3,(H2,23,25,26,27). The summed E-state index contributed by atoms with van der Waals surface area (Å²) >= 11 is 0. The second-order valence-corrected chi connectivity index (χ2v) is 7.42. The van der Waals surface area contributed by atoms with Crippen LogP contribution in [-0.4, -0.2) is 21.7 Å². The molecule has 0 amide bonds. The summed E-state index contributed by atoms with van der Waals surface area (Å²) in [5, 5.41) is 14.4. The van der Waals surface area contributed by atoms with Crippen LogP contribution >= 0.6 is 0 Å². The summed E-state index contributed by atoms with van der Waals surface area (Å²) in [6, 6.07) is 14.7. The fraction of sp³-hybridized carbons (Fsp3) is 0.286. The molecule has 0 unspecified atom stereocenters. The first-order valence-corrected chi connectivity index (χ1v) is 8.96. The lowest BCUT2D eigenvalue weighted by Gasteiger charge is -2.19. The minimum atomic E-state index is -0.224. The number of nitrogens with zero attached hydrogens (tertiary/aromatic N) is 3. The first-order valence-electron chi connectivity index (χ1n) is 8.96. The molecule has 140 valence electrons. The topological polar surface area (TPSA) is 62.7 Å². The average molecular weight is 365 g/mol. The van der Waals surface area contributed by atoms with Crippen LogP contribution < -0.4 is 10.6 Å². The van der Waals surface area contributed by atoms with E-state index in [4.69, 9.17) is 0 Å². The molecule has 2 aromatic carbocycles. The van der Waals surface area contributed by atoms with Crippen molar-refractivity contribution in [2.24, 2.45) is 0 Å². The maximum absolute atomic E-state index is 12.9. The molecule has 0 saturated heterocycles. The SMILES string of the molecule is CC(C)(C)c1ccc(Nc2nncc(NCCc3ccc(F)cc3)n2)cc1. The molecule has 0 radical (unpaired) electrons. The monoisotopic (exact) mass is 365 g/mol. The Bertz CT molecular complexity index is 870. The highest BCUT2D eigenvalue weighted by Crippen LogP contribution is 2.24. The van der Waals surface area contributed by atoms with Crippen molar-refractivity contribution in [1.82, 2.24) is 15.2 Å². The van der Waals surface area contributed by atoms with Crippen molar-refractivity contribution in [3.63, 3.8) is 0 Å². The minimum absolute atomic E-state index is 0.116. The van der Waals surface area contributed by atoms with Gasteiger partial charge in [0.2, 0.25) is 5.95 Å². The van der Waals surface area contributed by atoms with E-state index >= 15 is 0 Å². The van der Waals surface area contributed by atoms with E-state index in [0.717, 1.165) is 17.7 Å². The lowest BCUT2D eigenvalue weighted by Crippen LogP contribution is -2.11. The lowest BCUT2D eigenvalue weighted by molar-refractivity contribution is 0.590. The molecule has 0 aliphatic rings. The third-order valence-corrected chi connectivity index (χ3v) is 4.20. The van der Waals surface area contributed by atoms with E-state index < -0.39 is 0 Å². The summed E-state index contributed by atoms with van der Waals surface area (Å²) in [7, 11) is 0. The third kappa shape index (κ3) is 5.48. The van der Waals surface area contributed by atoms with Gasteiger partial charge in [0.25, 0.3) is 0 Å². The quantitative estimate of drug-likeness (QED) is 0.663. The predicted octanol–water partition coefficient (Wildman–Crippen LogP) is 4.71. The van der Waals surface area contributed by atoms with E-state index in [-0.39, 0.29) is 11.2 Å². The molecule has 0 saturated carbocycles. The lowest BCUT2D eigenvalue weighted by atomic mass is 9.87. The number of anilines is 3. The van der Waals surface area contributed by atoms with E-state index in [1.807, 2.05) is 12.1 Å². The van der Waals surface area contributed by atoms with Gasteiger partial charge in [-0.15, -0.1) is 5.10 Å². The molecule has 0 bridgehead atoms. The second-order valence-electron chi connectivity index (χ2n) is 7.42. The fourth-order valence-corrected chi connectivity index (χ4v) is 2.61. The average Bonchev–Trinajstić information content (AvgIpc) is 2.63. The maximum Gasteiger partial charge on any atom is 0.249 e. The van der Waals surface area contributed by atoms with Crippen molar-refractivity contribution in [2.45, 2.75) is 32.6 Å². The Balaban J connectivity index is 1.57. The molecular weight excluding hydrogens is 341 g/mol. The Labute approximate surface area is 159 Å². The number of aromatic nitrogens is 3. The van der Waals surface area contributed by atoms with E-state index in [0.29, 0.717) is 18.3 Å². The number of nitrogens with one attached hydrogen (secondary N) is 2. The van der Waals surface area contributed by atoms with E-state index in [1.165, 1.54) is 17.7 Å². The van der Waals surface area contributed by atoms with Gasteiger partial charge in [-0.2, -0.15) is 10.1 Å². The number of hydrogen-bond acceptors (Lipinski definition) is 5. The van der Waals surface area contributed by atoms with Gasteiger partial charge in [0.05, 0.1) is 6.20 Å². The van der Waals surface area contributed by atoms with Gasteiger partial charge in [-0.3, -0.25) is 0 Å². The molecule has 1 aromatic heterocycles. The first kappa shape index (κ1) is 18.8. The predicted molar refractivity (Wildman–Crippen MR) is 107 cm³/mol. The molecular formula is C21H24FN5. The van der Waals surface area contributed by atoms with Crippen molar-refractivity contribution in [3.05, 3.63) is 71.7 Å². The molecule has 0 fully saturated rings. The van der Waals surface area contributed by atoms with Crippen molar-refractivity contribution in [2.75, 3.05) is 17.2 Å². The highest BCUT2D eigenvalue weighted by molar-refractivity contribution is 5.55. The van der Waals surface area contributed by atoms with Crippen LogP contribution in [0.25, 0.3) is 0 Å². The van der Waals surface area contributed by atoms with Gasteiger partial charge in [0.15, 0.2) is 5.82 Å². The zero-order chi connectivity index (χ0) is 19.3. The number of halogens is 1. The highest BCUT2D eigenvalue weighted by Gasteiger charge is 2.13. The number of rotatable bonds is 6. The molecule has 2 N–H and O–H groups in total. The third-order valence-electron chi connectivity index (χ3n) is 4.20. The van der Waals surface area contributed by atoms with Gasteiger partial charge in [-0.1, -0.05) is 45.0 Å². The molecule has 0 aliphatic heterocycles. The molecule has 6 heteroatoms. The van der Waals surface area contributed by atoms with Crippen molar-refractivity contribution >= 4 is 17.5 Å². The van der Waals surface area contributed by atoms with E-state index in [2.05, 4.69) is 58.7 Å². The van der Waals surface area contributed by atoms with Gasteiger partial charge in [0.1, 0.15) is 5.82 Å².